The van der Waals surface area contributed by atoms with Crippen molar-refractivity contribution in [2.45, 2.75) is 32.7 Å². The summed E-state index contributed by atoms with van der Waals surface area (Å²) in [6, 6.07) is 0. The van der Waals surface area contributed by atoms with Crippen LogP contribution in [0.1, 0.15) is 24.4 Å². The van der Waals surface area contributed by atoms with Crippen molar-refractivity contribution in [1.29, 1.82) is 0 Å². The maximum absolute atomic E-state index is 12.6. The number of carbonyl (C=O) groups is 1. The van der Waals surface area contributed by atoms with E-state index in [0.29, 0.717) is 12.5 Å². The second kappa shape index (κ2) is 7.42. The number of hydrogen-bond acceptors (Lipinski definition) is 5. The number of aryl methyl sites for hydroxylation is 1. The molecule has 0 saturated carbocycles. The number of hydrogen-bond donors (Lipinski definition) is 1. The first-order chi connectivity index (χ1) is 11.7. The maximum atomic E-state index is 12.6. The molecule has 0 bridgehead atoms. The van der Waals surface area contributed by atoms with Crippen molar-refractivity contribution < 1.29 is 4.79 Å². The lowest BCUT2D eigenvalue weighted by molar-refractivity contribution is -0.133. The molecule has 1 fully saturated rings. The quantitative estimate of drug-likeness (QED) is 0.900. The molecule has 1 N–H and O–H groups in total. The van der Waals surface area contributed by atoms with Crippen molar-refractivity contribution >= 4 is 11.7 Å². The van der Waals surface area contributed by atoms with Crippen molar-refractivity contribution in [3.8, 4) is 0 Å². The summed E-state index contributed by atoms with van der Waals surface area (Å²) in [7, 11) is 1.86. The van der Waals surface area contributed by atoms with E-state index in [2.05, 4.69) is 20.3 Å². The van der Waals surface area contributed by atoms with E-state index in [1.54, 1.807) is 18.6 Å². The Bertz CT molecular complexity index is 698. The van der Waals surface area contributed by atoms with Crippen LogP contribution in [0.15, 0.2) is 24.8 Å². The number of anilines is 1. The van der Waals surface area contributed by atoms with Crippen LogP contribution in [0.3, 0.4) is 0 Å². The van der Waals surface area contributed by atoms with Gasteiger partial charge in [0.25, 0.3) is 0 Å². The summed E-state index contributed by atoms with van der Waals surface area (Å²) in [5.41, 5.74) is 0.977. The first-order valence-corrected chi connectivity index (χ1v) is 8.40. The summed E-state index contributed by atoms with van der Waals surface area (Å²) in [4.78, 5) is 27.5. The number of amides is 1. The molecule has 3 heterocycles. The van der Waals surface area contributed by atoms with Gasteiger partial charge in [-0.2, -0.15) is 0 Å². The van der Waals surface area contributed by atoms with Crippen LogP contribution in [0.4, 0.5) is 5.82 Å². The minimum absolute atomic E-state index is 0.161. The van der Waals surface area contributed by atoms with E-state index in [-0.39, 0.29) is 5.91 Å². The highest BCUT2D eigenvalue weighted by molar-refractivity contribution is 5.76. The summed E-state index contributed by atoms with van der Waals surface area (Å²) in [6.45, 7) is 3.90. The molecule has 24 heavy (non-hydrogen) atoms. The first-order valence-electron chi connectivity index (χ1n) is 8.40. The Hall–Kier alpha value is -2.44. The van der Waals surface area contributed by atoms with Crippen molar-refractivity contribution in [3.05, 3.63) is 36.3 Å². The molecule has 3 rings (SSSR count). The standard InChI is InChI=1S/C17H24N6O/c1-13-19-7-9-22(13)12-16(24)23-8-3-4-14(11-23)10-15-17(18-2)21-6-5-20-15/h5-7,9,14H,3-4,8,10-12H2,1-2H3,(H,18,21)/t14-/m0/s1. The first kappa shape index (κ1) is 16.4. The SMILES string of the molecule is CNc1nccnc1C[C@@H]1CCCN(C(=O)Cn2ccnc2C)C1. The summed E-state index contributed by atoms with van der Waals surface area (Å²) < 4.78 is 1.90. The Balaban J connectivity index is 1.61. The molecule has 1 aliphatic rings. The van der Waals surface area contributed by atoms with Crippen molar-refractivity contribution in [3.63, 3.8) is 0 Å². The average molecular weight is 328 g/mol. The number of likely N-dealkylation sites (tertiary alicyclic amines) is 1. The fourth-order valence-corrected chi connectivity index (χ4v) is 3.27. The van der Waals surface area contributed by atoms with E-state index in [1.165, 1.54) is 0 Å². The third-order valence-corrected chi connectivity index (χ3v) is 4.59. The highest BCUT2D eigenvalue weighted by Gasteiger charge is 2.25. The Kier molecular flexibility index (Phi) is 5.08. The third kappa shape index (κ3) is 3.72. The lowest BCUT2D eigenvalue weighted by Gasteiger charge is -2.33. The molecule has 128 valence electrons. The van der Waals surface area contributed by atoms with E-state index in [4.69, 9.17) is 0 Å². The normalized spacial score (nSPS) is 17.8. The van der Waals surface area contributed by atoms with Gasteiger partial charge in [-0.25, -0.2) is 9.97 Å². The van der Waals surface area contributed by atoms with E-state index in [0.717, 1.165) is 49.7 Å². The lowest BCUT2D eigenvalue weighted by atomic mass is 9.93. The van der Waals surface area contributed by atoms with Crippen LogP contribution in [0.25, 0.3) is 0 Å². The van der Waals surface area contributed by atoms with E-state index < -0.39 is 0 Å². The Morgan fingerprint density at radius 2 is 2.12 bits per heavy atom. The summed E-state index contributed by atoms with van der Waals surface area (Å²) >= 11 is 0. The van der Waals surface area contributed by atoms with E-state index in [9.17, 15) is 4.79 Å². The number of aromatic nitrogens is 4. The minimum atomic E-state index is 0.161. The number of imidazole rings is 1. The highest BCUT2D eigenvalue weighted by atomic mass is 16.2. The van der Waals surface area contributed by atoms with Crippen molar-refractivity contribution in [1.82, 2.24) is 24.4 Å². The molecule has 1 atom stereocenters. The smallest absolute Gasteiger partial charge is 0.242 e. The molecule has 0 unspecified atom stereocenters. The second-order valence-corrected chi connectivity index (χ2v) is 6.26. The van der Waals surface area contributed by atoms with Gasteiger partial charge in [-0.1, -0.05) is 0 Å². The van der Waals surface area contributed by atoms with Gasteiger partial charge in [-0.3, -0.25) is 9.78 Å². The number of nitrogens with zero attached hydrogens (tertiary/aromatic N) is 5. The van der Waals surface area contributed by atoms with Crippen molar-refractivity contribution in [2.75, 3.05) is 25.5 Å². The highest BCUT2D eigenvalue weighted by Crippen LogP contribution is 2.22. The molecule has 0 radical (unpaired) electrons. The summed E-state index contributed by atoms with van der Waals surface area (Å²) in [6.07, 6.45) is 10.0. The van der Waals surface area contributed by atoms with Gasteiger partial charge in [0.2, 0.25) is 5.91 Å². The predicted molar refractivity (Wildman–Crippen MR) is 91.6 cm³/mol. The van der Waals surface area contributed by atoms with E-state index >= 15 is 0 Å². The molecule has 0 spiro atoms. The fourth-order valence-electron chi connectivity index (χ4n) is 3.27. The molecule has 0 aromatic carbocycles. The van der Waals surface area contributed by atoms with Gasteiger partial charge < -0.3 is 14.8 Å². The number of nitrogens with one attached hydrogen (secondary N) is 1. The number of rotatable bonds is 5. The minimum Gasteiger partial charge on any atom is -0.372 e. The van der Waals surface area contributed by atoms with E-state index in [1.807, 2.05) is 29.6 Å². The largest absolute Gasteiger partial charge is 0.372 e. The fraction of sp³-hybridized carbons (Fsp3) is 0.529. The molecule has 1 saturated heterocycles. The molecular formula is C17H24N6O. The van der Waals surface area contributed by atoms with Gasteiger partial charge in [0, 0.05) is 44.9 Å². The molecule has 2 aromatic heterocycles. The van der Waals surface area contributed by atoms with Crippen LogP contribution in [-0.4, -0.2) is 50.5 Å². The molecule has 2 aromatic rings. The zero-order chi connectivity index (χ0) is 16.9. The summed E-state index contributed by atoms with van der Waals surface area (Å²) in [5, 5.41) is 3.09. The van der Waals surface area contributed by atoms with Crippen LogP contribution in [0, 0.1) is 12.8 Å². The van der Waals surface area contributed by atoms with Crippen LogP contribution < -0.4 is 5.32 Å². The summed E-state index contributed by atoms with van der Waals surface area (Å²) in [5.74, 6) is 2.29. The molecule has 1 aliphatic heterocycles. The predicted octanol–water partition coefficient (Wildman–Crippen LogP) is 1.50. The van der Waals surface area contributed by atoms with Gasteiger partial charge in [-0.15, -0.1) is 0 Å². The van der Waals surface area contributed by atoms with Gasteiger partial charge in [0.1, 0.15) is 18.2 Å². The van der Waals surface area contributed by atoms with Crippen LogP contribution in [0.5, 0.6) is 0 Å². The Morgan fingerprint density at radius 3 is 2.88 bits per heavy atom. The molecular weight excluding hydrogens is 304 g/mol. The van der Waals surface area contributed by atoms with Gasteiger partial charge >= 0.3 is 0 Å². The zero-order valence-corrected chi connectivity index (χ0v) is 14.3. The Morgan fingerprint density at radius 1 is 1.29 bits per heavy atom. The zero-order valence-electron chi connectivity index (χ0n) is 14.3. The second-order valence-electron chi connectivity index (χ2n) is 6.26. The van der Waals surface area contributed by atoms with Gasteiger partial charge in [0.05, 0.1) is 5.69 Å². The van der Waals surface area contributed by atoms with Crippen LogP contribution in [0.2, 0.25) is 0 Å². The molecule has 7 nitrogen and oxygen atoms in total. The molecule has 1 amide bonds. The van der Waals surface area contributed by atoms with Gasteiger partial charge in [0.15, 0.2) is 0 Å². The number of piperidine rings is 1. The average Bonchev–Trinajstić information content (AvgIpc) is 3.00. The number of carbonyl (C=O) groups excluding carboxylic acids is 1. The molecule has 7 heteroatoms. The lowest BCUT2D eigenvalue weighted by Crippen LogP contribution is -2.42. The Labute approximate surface area is 142 Å². The van der Waals surface area contributed by atoms with Crippen LogP contribution in [-0.2, 0) is 17.8 Å². The maximum Gasteiger partial charge on any atom is 0.242 e. The monoisotopic (exact) mass is 328 g/mol. The van der Waals surface area contributed by atoms with Crippen LogP contribution >= 0.6 is 0 Å². The van der Waals surface area contributed by atoms with Gasteiger partial charge in [-0.05, 0) is 32.1 Å². The molecule has 0 aliphatic carbocycles. The topological polar surface area (TPSA) is 75.9 Å². The third-order valence-electron chi connectivity index (χ3n) is 4.59. The van der Waals surface area contributed by atoms with Crippen molar-refractivity contribution in [2.24, 2.45) is 5.92 Å².